The second-order valence-corrected chi connectivity index (χ2v) is 3.70. The summed E-state index contributed by atoms with van der Waals surface area (Å²) in [6.45, 7) is 1.94. The van der Waals surface area contributed by atoms with Crippen LogP contribution < -0.4 is 5.32 Å². The lowest BCUT2D eigenvalue weighted by Gasteiger charge is -2.06. The van der Waals surface area contributed by atoms with E-state index < -0.39 is 4.92 Å². The Balaban J connectivity index is 2.33. The standard InChI is InChI=1S/C12H11N3O3/c1-3-8(4-2)13-12-14-10-7-9(15(16)17)5-6-11(10)18-12/h1,5-8H,4H2,2H3,(H,13,14). The van der Waals surface area contributed by atoms with Crippen molar-refractivity contribution in [1.82, 2.24) is 4.98 Å². The largest absolute Gasteiger partial charge is 0.424 e. The molecule has 1 N–H and O–H groups in total. The second kappa shape index (κ2) is 4.75. The zero-order chi connectivity index (χ0) is 13.1. The lowest BCUT2D eigenvalue weighted by molar-refractivity contribution is -0.384. The van der Waals surface area contributed by atoms with Crippen molar-refractivity contribution in [3.8, 4) is 12.3 Å². The number of oxazole rings is 1. The van der Waals surface area contributed by atoms with E-state index in [1.165, 1.54) is 18.2 Å². The van der Waals surface area contributed by atoms with Crippen molar-refractivity contribution in [3.63, 3.8) is 0 Å². The van der Waals surface area contributed by atoms with Gasteiger partial charge in [0, 0.05) is 12.1 Å². The molecule has 0 saturated heterocycles. The summed E-state index contributed by atoms with van der Waals surface area (Å²) < 4.78 is 5.40. The Labute approximate surface area is 103 Å². The van der Waals surface area contributed by atoms with Crippen LogP contribution in [0.5, 0.6) is 0 Å². The minimum Gasteiger partial charge on any atom is -0.424 e. The van der Waals surface area contributed by atoms with E-state index in [4.69, 9.17) is 10.8 Å². The molecular weight excluding hydrogens is 234 g/mol. The molecular formula is C12H11N3O3. The summed E-state index contributed by atoms with van der Waals surface area (Å²) in [7, 11) is 0. The van der Waals surface area contributed by atoms with Crippen LogP contribution in [0.4, 0.5) is 11.7 Å². The van der Waals surface area contributed by atoms with Crippen molar-refractivity contribution in [2.45, 2.75) is 19.4 Å². The van der Waals surface area contributed by atoms with Crippen LogP contribution in [-0.2, 0) is 0 Å². The number of hydrogen-bond acceptors (Lipinski definition) is 5. The summed E-state index contributed by atoms with van der Waals surface area (Å²) in [5.74, 6) is 2.55. The van der Waals surface area contributed by atoms with E-state index >= 15 is 0 Å². The molecule has 1 aromatic heterocycles. The molecule has 0 bridgehead atoms. The highest BCUT2D eigenvalue weighted by atomic mass is 16.6. The molecule has 6 heteroatoms. The van der Waals surface area contributed by atoms with Crippen LogP contribution in [-0.4, -0.2) is 15.9 Å². The Morgan fingerprint density at radius 1 is 1.67 bits per heavy atom. The first-order valence-electron chi connectivity index (χ1n) is 5.41. The maximum Gasteiger partial charge on any atom is 0.296 e. The van der Waals surface area contributed by atoms with Crippen molar-refractivity contribution in [1.29, 1.82) is 0 Å². The zero-order valence-electron chi connectivity index (χ0n) is 9.71. The molecule has 0 radical (unpaired) electrons. The Morgan fingerprint density at radius 3 is 3.06 bits per heavy atom. The van der Waals surface area contributed by atoms with Crippen molar-refractivity contribution in [3.05, 3.63) is 28.3 Å². The fraction of sp³-hybridized carbons (Fsp3) is 0.250. The van der Waals surface area contributed by atoms with E-state index in [1.807, 2.05) is 6.92 Å². The third-order valence-corrected chi connectivity index (χ3v) is 2.49. The zero-order valence-corrected chi connectivity index (χ0v) is 9.71. The molecule has 0 spiro atoms. The lowest BCUT2D eigenvalue weighted by Crippen LogP contribution is -2.15. The number of nitrogens with one attached hydrogen (secondary N) is 1. The molecule has 1 aromatic carbocycles. The van der Waals surface area contributed by atoms with Crippen LogP contribution in [0.2, 0.25) is 0 Å². The van der Waals surface area contributed by atoms with Gasteiger partial charge < -0.3 is 9.73 Å². The summed E-state index contributed by atoms with van der Waals surface area (Å²) in [6.07, 6.45) is 6.05. The molecule has 0 aliphatic rings. The smallest absolute Gasteiger partial charge is 0.296 e. The monoisotopic (exact) mass is 245 g/mol. The van der Waals surface area contributed by atoms with Gasteiger partial charge in [0.2, 0.25) is 0 Å². The molecule has 18 heavy (non-hydrogen) atoms. The molecule has 0 saturated carbocycles. The molecule has 0 aliphatic heterocycles. The van der Waals surface area contributed by atoms with E-state index in [9.17, 15) is 10.1 Å². The maximum absolute atomic E-state index is 10.6. The van der Waals surface area contributed by atoms with Crippen LogP contribution >= 0.6 is 0 Å². The quantitative estimate of drug-likeness (QED) is 0.508. The number of anilines is 1. The van der Waals surface area contributed by atoms with E-state index in [1.54, 1.807) is 0 Å². The summed E-state index contributed by atoms with van der Waals surface area (Å²) in [5.41, 5.74) is 0.889. The Hall–Kier alpha value is -2.55. The second-order valence-electron chi connectivity index (χ2n) is 3.70. The molecule has 2 rings (SSSR count). The van der Waals surface area contributed by atoms with Crippen molar-refractivity contribution in [2.24, 2.45) is 0 Å². The molecule has 1 atom stereocenters. The van der Waals surface area contributed by atoms with Gasteiger partial charge in [0.15, 0.2) is 5.58 Å². The highest BCUT2D eigenvalue weighted by Gasteiger charge is 2.12. The minimum atomic E-state index is -0.475. The average Bonchev–Trinajstić information content (AvgIpc) is 2.76. The van der Waals surface area contributed by atoms with Crippen molar-refractivity contribution < 1.29 is 9.34 Å². The average molecular weight is 245 g/mol. The van der Waals surface area contributed by atoms with Gasteiger partial charge >= 0.3 is 0 Å². The number of hydrogen-bond donors (Lipinski definition) is 1. The van der Waals surface area contributed by atoms with Gasteiger partial charge in [-0.25, -0.2) is 0 Å². The van der Waals surface area contributed by atoms with E-state index in [-0.39, 0.29) is 17.7 Å². The van der Waals surface area contributed by atoms with Gasteiger partial charge in [-0.05, 0) is 12.5 Å². The molecule has 2 aromatic rings. The number of non-ortho nitro benzene ring substituents is 1. The Kier molecular flexibility index (Phi) is 3.15. The van der Waals surface area contributed by atoms with Gasteiger partial charge in [0.1, 0.15) is 5.52 Å². The van der Waals surface area contributed by atoms with Crippen LogP contribution in [0.15, 0.2) is 22.6 Å². The van der Waals surface area contributed by atoms with Gasteiger partial charge in [-0.1, -0.05) is 12.8 Å². The molecule has 0 amide bonds. The number of nitrogens with zero attached hydrogens (tertiary/aromatic N) is 2. The van der Waals surface area contributed by atoms with Crippen LogP contribution in [0.25, 0.3) is 11.1 Å². The summed E-state index contributed by atoms with van der Waals surface area (Å²) >= 11 is 0. The van der Waals surface area contributed by atoms with E-state index in [2.05, 4.69) is 16.2 Å². The topological polar surface area (TPSA) is 81.2 Å². The van der Waals surface area contributed by atoms with Crippen molar-refractivity contribution >= 4 is 22.8 Å². The predicted octanol–water partition coefficient (Wildman–Crippen LogP) is 2.56. The number of nitro groups is 1. The first-order chi connectivity index (χ1) is 8.63. The van der Waals surface area contributed by atoms with Crippen LogP contribution in [0.1, 0.15) is 13.3 Å². The number of aromatic nitrogens is 1. The highest BCUT2D eigenvalue weighted by Crippen LogP contribution is 2.23. The number of nitro benzene ring substituents is 1. The number of terminal acetylenes is 1. The van der Waals surface area contributed by atoms with Crippen LogP contribution in [0.3, 0.4) is 0 Å². The first kappa shape index (κ1) is 11.9. The maximum atomic E-state index is 10.6. The van der Waals surface area contributed by atoms with Crippen molar-refractivity contribution in [2.75, 3.05) is 5.32 Å². The Bertz CT molecular complexity index is 627. The number of rotatable bonds is 4. The molecule has 6 nitrogen and oxygen atoms in total. The predicted molar refractivity (Wildman–Crippen MR) is 67.2 cm³/mol. The van der Waals surface area contributed by atoms with Gasteiger partial charge in [0.05, 0.1) is 11.0 Å². The summed E-state index contributed by atoms with van der Waals surface area (Å²) in [6, 6.07) is 4.35. The lowest BCUT2D eigenvalue weighted by atomic mass is 10.2. The number of fused-ring (bicyclic) bond motifs is 1. The molecule has 1 heterocycles. The normalized spacial score (nSPS) is 12.0. The molecule has 0 fully saturated rings. The van der Waals surface area contributed by atoms with Crippen LogP contribution in [0, 0.1) is 22.5 Å². The van der Waals surface area contributed by atoms with Gasteiger partial charge in [0.25, 0.3) is 11.7 Å². The fourth-order valence-electron chi connectivity index (χ4n) is 1.50. The van der Waals surface area contributed by atoms with Gasteiger partial charge in [-0.2, -0.15) is 4.98 Å². The first-order valence-corrected chi connectivity index (χ1v) is 5.41. The Morgan fingerprint density at radius 2 is 2.44 bits per heavy atom. The SMILES string of the molecule is C#CC(CC)Nc1nc2cc([N+](=O)[O-])ccc2o1. The summed E-state index contributed by atoms with van der Waals surface area (Å²) in [5, 5.41) is 13.6. The molecule has 1 unspecified atom stereocenters. The summed E-state index contributed by atoms with van der Waals surface area (Å²) in [4.78, 5) is 14.3. The number of benzene rings is 1. The molecule has 0 aliphatic carbocycles. The minimum absolute atomic E-state index is 0.0219. The van der Waals surface area contributed by atoms with Gasteiger partial charge in [-0.15, -0.1) is 6.42 Å². The molecule has 92 valence electrons. The van der Waals surface area contributed by atoms with E-state index in [0.29, 0.717) is 11.1 Å². The third-order valence-electron chi connectivity index (χ3n) is 2.49. The van der Waals surface area contributed by atoms with Gasteiger partial charge in [-0.3, -0.25) is 10.1 Å². The fourth-order valence-corrected chi connectivity index (χ4v) is 1.50. The highest BCUT2D eigenvalue weighted by molar-refractivity contribution is 5.77. The third kappa shape index (κ3) is 2.25. The van der Waals surface area contributed by atoms with E-state index in [0.717, 1.165) is 6.42 Å².